The van der Waals surface area contributed by atoms with E-state index in [2.05, 4.69) is 137 Å². The maximum absolute atomic E-state index is 6.97. The molecule has 2 spiro atoms. The fraction of sp³-hybridized carbons (Fsp3) is 0.263. The van der Waals surface area contributed by atoms with Crippen molar-refractivity contribution in [2.75, 3.05) is 23.9 Å². The van der Waals surface area contributed by atoms with E-state index in [0.29, 0.717) is 0 Å². The van der Waals surface area contributed by atoms with Crippen LogP contribution in [0.15, 0.2) is 94.9 Å². The highest BCUT2D eigenvalue weighted by molar-refractivity contribution is 6.10. The molecular formula is C38H34N4O2. The molecule has 5 aromatic rings. The predicted octanol–water partition coefficient (Wildman–Crippen LogP) is 8.43. The first-order valence-corrected chi connectivity index (χ1v) is 15.3. The van der Waals surface area contributed by atoms with Crippen molar-refractivity contribution < 1.29 is 9.47 Å². The molecular weight excluding hydrogens is 544 g/mol. The van der Waals surface area contributed by atoms with Gasteiger partial charge in [-0.3, -0.25) is 9.98 Å². The van der Waals surface area contributed by atoms with Crippen LogP contribution in [0.2, 0.25) is 0 Å². The summed E-state index contributed by atoms with van der Waals surface area (Å²) in [6, 6.07) is 29.9. The van der Waals surface area contributed by atoms with Crippen LogP contribution in [0, 0.1) is 0 Å². The standard InChI is InChI=1S/C38H34N4O2/c1-35(2)27-11-7-9-13-29(27)41(5)37(35)21-39-33-25-20-26-24(19-23(25)15-17-31(33)43-37)16-18-32-34(26)40-22-38(44-32)36(3,4)28-12-8-10-14-30(28)42(38)6/h7-22H,1-6H3. The highest BCUT2D eigenvalue weighted by Crippen LogP contribution is 2.56. The molecule has 5 aromatic carbocycles. The minimum absolute atomic E-state index is 0.306. The number of likely N-dealkylation sites (N-methyl/N-ethyl adjacent to an activating group) is 2. The van der Waals surface area contributed by atoms with E-state index in [1.807, 2.05) is 12.4 Å². The van der Waals surface area contributed by atoms with Crippen molar-refractivity contribution in [1.82, 2.24) is 0 Å². The van der Waals surface area contributed by atoms with Gasteiger partial charge in [-0.05, 0) is 86.0 Å². The zero-order chi connectivity index (χ0) is 30.2. The van der Waals surface area contributed by atoms with Gasteiger partial charge in [-0.25, -0.2) is 0 Å². The second-order valence-corrected chi connectivity index (χ2v) is 13.6. The Hall–Kier alpha value is -4.84. The van der Waals surface area contributed by atoms with Gasteiger partial charge in [0.25, 0.3) is 0 Å². The molecule has 6 nitrogen and oxygen atoms in total. The summed E-state index contributed by atoms with van der Waals surface area (Å²) >= 11 is 0. The molecule has 0 amide bonds. The Kier molecular flexibility index (Phi) is 4.66. The average molecular weight is 579 g/mol. The van der Waals surface area contributed by atoms with Gasteiger partial charge >= 0.3 is 0 Å². The van der Waals surface area contributed by atoms with Crippen LogP contribution in [0.5, 0.6) is 11.5 Å². The Morgan fingerprint density at radius 1 is 0.545 bits per heavy atom. The maximum Gasteiger partial charge on any atom is 0.228 e. The van der Waals surface area contributed by atoms with Crippen LogP contribution >= 0.6 is 0 Å². The van der Waals surface area contributed by atoms with Crippen molar-refractivity contribution >= 4 is 56.7 Å². The Morgan fingerprint density at radius 2 is 0.977 bits per heavy atom. The van der Waals surface area contributed by atoms with Crippen LogP contribution in [-0.4, -0.2) is 38.0 Å². The number of rotatable bonds is 0. The number of para-hydroxylation sites is 2. The second kappa shape index (κ2) is 8.00. The summed E-state index contributed by atoms with van der Waals surface area (Å²) in [5, 5.41) is 4.29. The number of nitrogens with zero attached hydrogens (tertiary/aromatic N) is 4. The van der Waals surface area contributed by atoms with Gasteiger partial charge < -0.3 is 19.3 Å². The van der Waals surface area contributed by atoms with Gasteiger partial charge in [0.1, 0.15) is 22.9 Å². The summed E-state index contributed by atoms with van der Waals surface area (Å²) in [6.45, 7) is 8.94. The van der Waals surface area contributed by atoms with Crippen LogP contribution in [0.4, 0.5) is 22.7 Å². The third-order valence-corrected chi connectivity index (χ3v) is 11.0. The van der Waals surface area contributed by atoms with Gasteiger partial charge in [-0.2, -0.15) is 0 Å². The molecule has 0 fully saturated rings. The molecule has 0 radical (unpaired) electrons. The van der Waals surface area contributed by atoms with Gasteiger partial charge in [0, 0.05) is 36.2 Å². The summed E-state index contributed by atoms with van der Waals surface area (Å²) in [7, 11) is 4.19. The molecule has 2 atom stereocenters. The first kappa shape index (κ1) is 25.6. The molecule has 44 heavy (non-hydrogen) atoms. The Labute approximate surface area is 257 Å². The molecule has 4 aliphatic rings. The van der Waals surface area contributed by atoms with Crippen molar-refractivity contribution in [3.05, 3.63) is 96.1 Å². The van der Waals surface area contributed by atoms with Crippen LogP contribution in [0.3, 0.4) is 0 Å². The van der Waals surface area contributed by atoms with Crippen LogP contribution in [0.1, 0.15) is 38.8 Å². The number of fused-ring (bicyclic) bond motifs is 8. The monoisotopic (exact) mass is 578 g/mol. The van der Waals surface area contributed by atoms with E-state index >= 15 is 0 Å². The lowest BCUT2D eigenvalue weighted by atomic mass is 9.77. The van der Waals surface area contributed by atoms with Crippen LogP contribution in [-0.2, 0) is 10.8 Å². The lowest BCUT2D eigenvalue weighted by Gasteiger charge is -2.45. The molecule has 9 rings (SSSR count). The van der Waals surface area contributed by atoms with E-state index in [1.165, 1.54) is 22.5 Å². The van der Waals surface area contributed by atoms with Gasteiger partial charge in [0.05, 0.1) is 23.3 Å². The quantitative estimate of drug-likeness (QED) is 0.173. The number of hydrogen-bond acceptors (Lipinski definition) is 6. The predicted molar refractivity (Wildman–Crippen MR) is 180 cm³/mol. The third-order valence-electron chi connectivity index (χ3n) is 11.0. The Balaban J connectivity index is 1.17. The molecule has 0 aliphatic carbocycles. The van der Waals surface area contributed by atoms with Crippen molar-refractivity contribution in [2.45, 2.75) is 50.0 Å². The molecule has 6 heteroatoms. The summed E-state index contributed by atoms with van der Waals surface area (Å²) in [4.78, 5) is 14.7. The summed E-state index contributed by atoms with van der Waals surface area (Å²) < 4.78 is 13.9. The minimum Gasteiger partial charge on any atom is -0.459 e. The van der Waals surface area contributed by atoms with Crippen molar-refractivity contribution in [1.29, 1.82) is 0 Å². The highest BCUT2D eigenvalue weighted by Gasteiger charge is 2.59. The van der Waals surface area contributed by atoms with E-state index in [0.717, 1.165) is 44.4 Å². The summed E-state index contributed by atoms with van der Waals surface area (Å²) in [6.07, 6.45) is 4.00. The molecule has 218 valence electrons. The van der Waals surface area contributed by atoms with Crippen LogP contribution < -0.4 is 19.3 Å². The number of hydrogen-bond donors (Lipinski definition) is 0. The van der Waals surface area contributed by atoms with Crippen molar-refractivity contribution in [3.8, 4) is 11.5 Å². The van der Waals surface area contributed by atoms with Crippen molar-refractivity contribution in [3.63, 3.8) is 0 Å². The average Bonchev–Trinajstić information content (AvgIpc) is 3.30. The fourth-order valence-corrected chi connectivity index (χ4v) is 8.26. The van der Waals surface area contributed by atoms with E-state index in [1.54, 1.807) is 0 Å². The Morgan fingerprint density at radius 3 is 1.41 bits per heavy atom. The lowest BCUT2D eigenvalue weighted by Crippen LogP contribution is -2.61. The largest absolute Gasteiger partial charge is 0.459 e. The first-order chi connectivity index (χ1) is 21.1. The molecule has 0 saturated heterocycles. The lowest BCUT2D eigenvalue weighted by molar-refractivity contribution is 0.0826. The van der Waals surface area contributed by atoms with Crippen LogP contribution in [0.25, 0.3) is 21.5 Å². The zero-order valence-electron chi connectivity index (χ0n) is 25.8. The summed E-state index contributed by atoms with van der Waals surface area (Å²) in [5.41, 5.74) is 4.47. The SMILES string of the molecule is CN1c2ccccc2C(C)(C)C12C=Nc1c(ccc3cc4ccc5c(c4cc13)N=CC1(O5)N(C)c3ccccc3C1(C)C)O2. The normalized spacial score (nSPS) is 24.8. The van der Waals surface area contributed by atoms with E-state index in [4.69, 9.17) is 19.5 Å². The minimum atomic E-state index is -0.725. The topological polar surface area (TPSA) is 49.7 Å². The number of ether oxygens (including phenoxy) is 2. The first-order valence-electron chi connectivity index (χ1n) is 15.3. The molecule has 2 unspecified atom stereocenters. The number of benzene rings is 5. The van der Waals surface area contributed by atoms with E-state index in [9.17, 15) is 0 Å². The molecule has 0 aromatic heterocycles. The highest BCUT2D eigenvalue weighted by atomic mass is 16.5. The third kappa shape index (κ3) is 2.82. The van der Waals surface area contributed by atoms with Gasteiger partial charge in [-0.1, -0.05) is 48.5 Å². The zero-order valence-corrected chi connectivity index (χ0v) is 25.8. The second-order valence-electron chi connectivity index (χ2n) is 13.6. The van der Waals surface area contributed by atoms with Gasteiger partial charge in [0.15, 0.2) is 0 Å². The summed E-state index contributed by atoms with van der Waals surface area (Å²) in [5.74, 6) is 1.56. The molecule has 0 bridgehead atoms. The van der Waals surface area contributed by atoms with E-state index in [-0.39, 0.29) is 10.8 Å². The Bertz CT molecular complexity index is 2000. The fourth-order valence-electron chi connectivity index (χ4n) is 8.26. The molecule has 0 saturated carbocycles. The maximum atomic E-state index is 6.97. The number of anilines is 2. The molecule has 0 N–H and O–H groups in total. The van der Waals surface area contributed by atoms with Gasteiger partial charge in [0.2, 0.25) is 11.4 Å². The molecule has 4 aliphatic heterocycles. The molecule has 4 heterocycles. The van der Waals surface area contributed by atoms with Crippen molar-refractivity contribution in [2.24, 2.45) is 9.98 Å². The smallest absolute Gasteiger partial charge is 0.228 e. The van der Waals surface area contributed by atoms with Gasteiger partial charge in [-0.15, -0.1) is 0 Å². The van der Waals surface area contributed by atoms with E-state index < -0.39 is 11.4 Å². The number of aliphatic imine (C=N–C) groups is 2.